The second kappa shape index (κ2) is 9.24. The number of fused-ring (bicyclic) bond motifs is 1. The highest BCUT2D eigenvalue weighted by atomic mass is 28.4. The molecule has 1 atom stereocenters. The SMILES string of the molecule is COc1cc(OC)c2c(=O)c(C)c(CC(O)CC(C)C)oc2c1O[Si](C)(C)C(C)(C)C. The van der Waals surface area contributed by atoms with Crippen molar-refractivity contribution in [2.45, 2.75) is 78.6 Å². The molecule has 2 aromatic rings. The average molecular weight is 451 g/mol. The van der Waals surface area contributed by atoms with Gasteiger partial charge in [-0.3, -0.25) is 4.79 Å². The number of methoxy groups -OCH3 is 2. The fraction of sp³-hybridized carbons (Fsp3) is 0.625. The topological polar surface area (TPSA) is 78.1 Å². The van der Waals surface area contributed by atoms with Gasteiger partial charge in [0.05, 0.1) is 20.3 Å². The molecular weight excluding hydrogens is 412 g/mol. The van der Waals surface area contributed by atoms with Crippen molar-refractivity contribution in [3.8, 4) is 17.2 Å². The third-order valence-corrected chi connectivity index (χ3v) is 10.5. The molecule has 1 heterocycles. The van der Waals surface area contributed by atoms with Crippen LogP contribution in [0.5, 0.6) is 17.2 Å². The second-order valence-electron chi connectivity index (χ2n) is 10.1. The lowest BCUT2D eigenvalue weighted by atomic mass is 10.00. The first-order chi connectivity index (χ1) is 14.2. The third-order valence-electron chi connectivity index (χ3n) is 6.14. The van der Waals surface area contributed by atoms with Crippen LogP contribution >= 0.6 is 0 Å². The van der Waals surface area contributed by atoms with Crippen molar-refractivity contribution in [1.29, 1.82) is 0 Å². The summed E-state index contributed by atoms with van der Waals surface area (Å²) in [6, 6.07) is 1.68. The van der Waals surface area contributed by atoms with Crippen molar-refractivity contribution in [3.05, 3.63) is 27.6 Å². The molecule has 0 amide bonds. The first kappa shape index (κ1) is 25.3. The van der Waals surface area contributed by atoms with Gasteiger partial charge in [0.25, 0.3) is 8.32 Å². The van der Waals surface area contributed by atoms with Crippen LogP contribution in [0.25, 0.3) is 11.0 Å². The van der Waals surface area contributed by atoms with Crippen molar-refractivity contribution in [3.63, 3.8) is 0 Å². The molecule has 7 heteroatoms. The predicted molar refractivity (Wildman–Crippen MR) is 127 cm³/mol. The van der Waals surface area contributed by atoms with E-state index in [1.165, 1.54) is 7.11 Å². The van der Waals surface area contributed by atoms with Crippen molar-refractivity contribution in [1.82, 2.24) is 0 Å². The Morgan fingerprint density at radius 3 is 2.19 bits per heavy atom. The molecule has 0 aliphatic heterocycles. The normalized spacial score (nSPS) is 13.5. The Kier molecular flexibility index (Phi) is 7.54. The Morgan fingerprint density at radius 2 is 1.71 bits per heavy atom. The van der Waals surface area contributed by atoms with Gasteiger partial charge in [0.2, 0.25) is 0 Å². The quantitative estimate of drug-likeness (QED) is 0.539. The number of benzene rings is 1. The molecule has 174 valence electrons. The number of ether oxygens (including phenoxy) is 2. The fourth-order valence-electron chi connectivity index (χ4n) is 3.27. The van der Waals surface area contributed by atoms with E-state index in [1.54, 1.807) is 20.1 Å². The van der Waals surface area contributed by atoms with E-state index < -0.39 is 14.4 Å². The summed E-state index contributed by atoms with van der Waals surface area (Å²) >= 11 is 0. The molecule has 0 fully saturated rings. The van der Waals surface area contributed by atoms with Gasteiger partial charge in [-0.15, -0.1) is 0 Å². The molecule has 6 nitrogen and oxygen atoms in total. The van der Waals surface area contributed by atoms with Gasteiger partial charge in [-0.25, -0.2) is 0 Å². The van der Waals surface area contributed by atoms with E-state index in [0.717, 1.165) is 0 Å². The zero-order chi connectivity index (χ0) is 23.7. The maximum atomic E-state index is 13.3. The fourth-order valence-corrected chi connectivity index (χ4v) is 4.28. The van der Waals surface area contributed by atoms with Crippen LogP contribution in [0.4, 0.5) is 0 Å². The number of hydrogen-bond acceptors (Lipinski definition) is 6. The summed E-state index contributed by atoms with van der Waals surface area (Å²) in [5.74, 6) is 2.04. The molecule has 0 saturated heterocycles. The minimum Gasteiger partial charge on any atom is -0.538 e. The molecule has 0 aliphatic rings. The first-order valence-electron chi connectivity index (χ1n) is 10.8. The van der Waals surface area contributed by atoms with E-state index in [4.69, 9.17) is 18.3 Å². The average Bonchev–Trinajstić information content (AvgIpc) is 2.64. The van der Waals surface area contributed by atoms with Crippen molar-refractivity contribution in [2.75, 3.05) is 14.2 Å². The van der Waals surface area contributed by atoms with E-state index in [1.807, 2.05) is 13.8 Å². The van der Waals surface area contributed by atoms with Crippen LogP contribution in [0.3, 0.4) is 0 Å². The van der Waals surface area contributed by atoms with Crippen LogP contribution < -0.4 is 19.3 Å². The summed E-state index contributed by atoms with van der Waals surface area (Å²) in [5.41, 5.74) is 0.591. The lowest BCUT2D eigenvalue weighted by Crippen LogP contribution is -2.44. The standard InChI is InChI=1S/C24H38O6Si/c1-14(2)11-16(25)12-17-15(3)21(26)20-18(27-7)13-19(28-8)22(23(20)29-17)30-31(9,10)24(4,5)6/h13-14,16,25H,11-12H2,1-10H3. The Bertz CT molecular complexity index is 984. The lowest BCUT2D eigenvalue weighted by molar-refractivity contribution is 0.142. The third kappa shape index (κ3) is 5.26. The molecule has 1 N–H and O–H groups in total. The van der Waals surface area contributed by atoms with Crippen molar-refractivity contribution < 1.29 is 23.4 Å². The smallest absolute Gasteiger partial charge is 0.250 e. The summed E-state index contributed by atoms with van der Waals surface area (Å²) in [6.45, 7) is 16.5. The zero-order valence-electron chi connectivity index (χ0n) is 20.6. The molecule has 2 rings (SSSR count). The summed E-state index contributed by atoms with van der Waals surface area (Å²) in [7, 11) is 0.793. The van der Waals surface area contributed by atoms with Gasteiger partial charge < -0.3 is 23.4 Å². The van der Waals surface area contributed by atoms with Crippen LogP contribution in [-0.4, -0.2) is 33.7 Å². The maximum absolute atomic E-state index is 13.3. The maximum Gasteiger partial charge on any atom is 0.250 e. The lowest BCUT2D eigenvalue weighted by Gasteiger charge is -2.37. The second-order valence-corrected chi connectivity index (χ2v) is 14.9. The van der Waals surface area contributed by atoms with Gasteiger partial charge in [0.1, 0.15) is 16.9 Å². The minimum absolute atomic E-state index is 0.0639. The summed E-state index contributed by atoms with van der Waals surface area (Å²) in [6.07, 6.45) is 0.279. The van der Waals surface area contributed by atoms with Gasteiger partial charge >= 0.3 is 0 Å². The highest BCUT2D eigenvalue weighted by Crippen LogP contribution is 2.45. The van der Waals surface area contributed by atoms with Crippen molar-refractivity contribution >= 4 is 19.3 Å². The number of aliphatic hydroxyl groups is 1. The molecule has 1 aromatic heterocycles. The van der Waals surface area contributed by atoms with Gasteiger partial charge in [-0.1, -0.05) is 34.6 Å². The summed E-state index contributed by atoms with van der Waals surface area (Å²) in [5, 5.41) is 10.8. The Hall–Kier alpha value is -1.99. The van der Waals surface area contributed by atoms with Crippen molar-refractivity contribution in [2.24, 2.45) is 5.92 Å². The molecule has 0 spiro atoms. The highest BCUT2D eigenvalue weighted by Gasteiger charge is 2.40. The molecule has 1 aromatic carbocycles. The first-order valence-corrected chi connectivity index (χ1v) is 13.7. The molecule has 1 unspecified atom stereocenters. The van der Waals surface area contributed by atoms with Crippen LogP contribution in [0.1, 0.15) is 52.4 Å². The Labute approximate surface area is 186 Å². The van der Waals surface area contributed by atoms with E-state index in [0.29, 0.717) is 51.9 Å². The van der Waals surface area contributed by atoms with Crippen LogP contribution in [-0.2, 0) is 6.42 Å². The zero-order valence-corrected chi connectivity index (χ0v) is 21.6. The summed E-state index contributed by atoms with van der Waals surface area (Å²) < 4.78 is 24.0. The van der Waals surface area contributed by atoms with E-state index in [-0.39, 0.29) is 16.9 Å². The monoisotopic (exact) mass is 450 g/mol. The molecule has 0 radical (unpaired) electrons. The Balaban J connectivity index is 2.81. The number of rotatable bonds is 8. The van der Waals surface area contributed by atoms with E-state index in [2.05, 4.69) is 33.9 Å². The molecule has 0 bridgehead atoms. The summed E-state index contributed by atoms with van der Waals surface area (Å²) in [4.78, 5) is 13.3. The molecule has 0 aliphatic carbocycles. The highest BCUT2D eigenvalue weighted by molar-refractivity contribution is 6.74. The van der Waals surface area contributed by atoms with Gasteiger partial charge in [0.15, 0.2) is 22.5 Å². The molecule has 0 saturated carbocycles. The van der Waals surface area contributed by atoms with Gasteiger partial charge in [-0.05, 0) is 37.4 Å². The number of aliphatic hydroxyl groups excluding tert-OH is 1. The number of hydrogen-bond donors (Lipinski definition) is 1. The predicted octanol–water partition coefficient (Wildman–Crippen LogP) is 5.45. The largest absolute Gasteiger partial charge is 0.538 e. The Morgan fingerprint density at radius 1 is 1.13 bits per heavy atom. The van der Waals surface area contributed by atoms with Crippen LogP contribution in [0, 0.1) is 12.8 Å². The van der Waals surface area contributed by atoms with E-state index in [9.17, 15) is 9.90 Å². The molecular formula is C24H38O6Si. The van der Waals surface area contributed by atoms with Crippen LogP contribution in [0.2, 0.25) is 18.1 Å². The van der Waals surface area contributed by atoms with Crippen LogP contribution in [0.15, 0.2) is 15.3 Å². The molecule has 31 heavy (non-hydrogen) atoms. The van der Waals surface area contributed by atoms with Gasteiger partial charge in [0, 0.05) is 18.1 Å². The van der Waals surface area contributed by atoms with E-state index >= 15 is 0 Å². The van der Waals surface area contributed by atoms with Gasteiger partial charge in [-0.2, -0.15) is 0 Å². The minimum atomic E-state index is -2.27.